The third-order valence-electron chi connectivity index (χ3n) is 6.72. The first-order valence-corrected chi connectivity index (χ1v) is 12.8. The molecule has 0 spiro atoms. The molecule has 0 saturated heterocycles. The molecule has 0 bridgehead atoms. The molecule has 1 atom stereocenters. The summed E-state index contributed by atoms with van der Waals surface area (Å²) in [6, 6.07) is 8.33. The maximum Gasteiger partial charge on any atom is 0.245 e. The first-order valence-electron chi connectivity index (χ1n) is 12.8. The number of para-hydroxylation sites is 1. The van der Waals surface area contributed by atoms with E-state index in [2.05, 4.69) is 29.7 Å². The lowest BCUT2D eigenvalue weighted by molar-refractivity contribution is -0.168. The molecule has 0 fully saturated rings. The number of hydrogen-bond donors (Lipinski definition) is 1. The van der Waals surface area contributed by atoms with E-state index in [1.807, 2.05) is 12.4 Å². The monoisotopic (exact) mass is 467 g/mol. The van der Waals surface area contributed by atoms with E-state index in [0.29, 0.717) is 13.0 Å². The first kappa shape index (κ1) is 26.1. The van der Waals surface area contributed by atoms with Gasteiger partial charge in [0.2, 0.25) is 5.91 Å². The normalized spacial score (nSPS) is 12.5. The van der Waals surface area contributed by atoms with Crippen LogP contribution in [0.25, 0.3) is 21.9 Å². The average molecular weight is 468 g/mol. The van der Waals surface area contributed by atoms with Gasteiger partial charge in [0, 0.05) is 37.9 Å². The number of pyridine rings is 1. The van der Waals surface area contributed by atoms with E-state index in [4.69, 9.17) is 20.5 Å². The van der Waals surface area contributed by atoms with Crippen molar-refractivity contribution in [3.63, 3.8) is 0 Å². The highest BCUT2D eigenvalue weighted by Crippen LogP contribution is 2.29. The smallest absolute Gasteiger partial charge is 0.245 e. The number of aromatic nitrogens is 3. The molecule has 0 radical (unpaired) electrons. The van der Waals surface area contributed by atoms with Gasteiger partial charge in [-0.05, 0) is 18.9 Å². The Kier molecular flexibility index (Phi) is 10.3. The lowest BCUT2D eigenvalue weighted by Gasteiger charge is -2.13. The lowest BCUT2D eigenvalue weighted by atomic mass is 10.0. The van der Waals surface area contributed by atoms with Gasteiger partial charge in [0.15, 0.2) is 0 Å². The Hall–Kier alpha value is -2.51. The van der Waals surface area contributed by atoms with Crippen molar-refractivity contribution >= 4 is 27.8 Å². The summed E-state index contributed by atoms with van der Waals surface area (Å²) in [5, 5.41) is 2.48. The van der Waals surface area contributed by atoms with Crippen LogP contribution in [0.1, 0.15) is 82.7 Å². The van der Waals surface area contributed by atoms with Gasteiger partial charge in [-0.1, -0.05) is 70.1 Å². The molecule has 0 aliphatic carbocycles. The van der Waals surface area contributed by atoms with Gasteiger partial charge in [-0.2, -0.15) is 0 Å². The van der Waals surface area contributed by atoms with E-state index in [1.165, 1.54) is 61.6 Å². The van der Waals surface area contributed by atoms with Crippen molar-refractivity contribution in [2.75, 3.05) is 20.7 Å². The zero-order chi connectivity index (χ0) is 24.3. The molecule has 7 heteroatoms. The van der Waals surface area contributed by atoms with Crippen LogP contribution in [0.3, 0.4) is 0 Å². The molecule has 0 saturated carbocycles. The van der Waals surface area contributed by atoms with E-state index in [9.17, 15) is 4.79 Å². The zero-order valence-corrected chi connectivity index (χ0v) is 21.1. The largest absolute Gasteiger partial charge is 0.330 e. The van der Waals surface area contributed by atoms with E-state index in [1.54, 1.807) is 7.05 Å². The maximum atomic E-state index is 11.7. The van der Waals surface area contributed by atoms with Gasteiger partial charge in [-0.25, -0.2) is 10.0 Å². The number of fused-ring (bicyclic) bond motifs is 3. The molecule has 34 heavy (non-hydrogen) atoms. The second-order valence-electron chi connectivity index (χ2n) is 9.29. The van der Waals surface area contributed by atoms with Gasteiger partial charge in [0.1, 0.15) is 5.52 Å². The van der Waals surface area contributed by atoms with Crippen molar-refractivity contribution < 1.29 is 9.63 Å². The van der Waals surface area contributed by atoms with E-state index < -0.39 is 0 Å². The van der Waals surface area contributed by atoms with Gasteiger partial charge in [-0.3, -0.25) is 14.6 Å². The highest BCUT2D eigenvalue weighted by molar-refractivity contribution is 6.03. The Morgan fingerprint density at radius 3 is 2.38 bits per heavy atom. The van der Waals surface area contributed by atoms with E-state index in [-0.39, 0.29) is 11.8 Å². The Morgan fingerprint density at radius 2 is 1.71 bits per heavy atom. The number of amides is 1. The van der Waals surface area contributed by atoms with Crippen molar-refractivity contribution in [3.8, 4) is 0 Å². The Labute approximate surface area is 203 Å². The molecule has 0 aliphatic rings. The predicted octanol–water partition coefficient (Wildman–Crippen LogP) is 5.57. The number of hydroxylamine groups is 2. The fraction of sp³-hybridized carbons (Fsp3) is 0.593. The van der Waals surface area contributed by atoms with Crippen LogP contribution in [0.5, 0.6) is 0 Å². The van der Waals surface area contributed by atoms with E-state index >= 15 is 0 Å². The molecule has 0 aliphatic heterocycles. The van der Waals surface area contributed by atoms with Crippen molar-refractivity contribution in [2.24, 2.45) is 5.73 Å². The summed E-state index contributed by atoms with van der Waals surface area (Å²) in [7, 11) is 3.19. The van der Waals surface area contributed by atoms with Crippen molar-refractivity contribution in [2.45, 2.75) is 83.6 Å². The van der Waals surface area contributed by atoms with Crippen LogP contribution < -0.4 is 5.73 Å². The highest BCUT2D eigenvalue weighted by Gasteiger charge is 2.17. The molecule has 1 amide bonds. The van der Waals surface area contributed by atoms with Crippen molar-refractivity contribution in [1.29, 1.82) is 0 Å². The number of nitrogens with two attached hydrogens (primary N) is 1. The minimum atomic E-state index is 0.0579. The molecule has 7 nitrogen and oxygen atoms in total. The molecule has 3 rings (SSSR count). The number of nitrogens with zero attached hydrogens (tertiary/aromatic N) is 4. The standard InChI is InChI=1S/C27H41N5O2/c1-21(19-28)25-26-27(22-15-12-13-16-23(22)30-25)32(20-29-26)18-14-10-8-6-4-5-7-9-11-17-24(33)31(2)34-3/h12-13,15-16,20-21H,4-11,14,17-19,28H2,1-3H3. The molecule has 2 N–H and O–H groups in total. The minimum absolute atomic E-state index is 0.0579. The quantitative estimate of drug-likeness (QED) is 0.233. The summed E-state index contributed by atoms with van der Waals surface area (Å²) in [5.74, 6) is 0.241. The summed E-state index contributed by atoms with van der Waals surface area (Å²) in [6.45, 7) is 3.66. The third-order valence-corrected chi connectivity index (χ3v) is 6.72. The number of carbonyl (C=O) groups is 1. The average Bonchev–Trinajstić information content (AvgIpc) is 3.29. The molecule has 186 valence electrons. The molecular formula is C27H41N5O2. The number of hydrogen-bond acceptors (Lipinski definition) is 5. The first-order chi connectivity index (χ1) is 16.6. The second-order valence-corrected chi connectivity index (χ2v) is 9.29. The lowest BCUT2D eigenvalue weighted by Crippen LogP contribution is -2.24. The highest BCUT2D eigenvalue weighted by atomic mass is 16.7. The van der Waals surface area contributed by atoms with Crippen LogP contribution in [-0.4, -0.2) is 46.2 Å². The molecule has 2 heterocycles. The van der Waals surface area contributed by atoms with Gasteiger partial charge in [0.05, 0.1) is 30.2 Å². The summed E-state index contributed by atoms with van der Waals surface area (Å²) in [5.41, 5.74) is 10.2. The Morgan fingerprint density at radius 1 is 1.06 bits per heavy atom. The van der Waals surface area contributed by atoms with Gasteiger partial charge >= 0.3 is 0 Å². The van der Waals surface area contributed by atoms with Gasteiger partial charge in [0.25, 0.3) is 0 Å². The Balaban J connectivity index is 1.40. The second kappa shape index (κ2) is 13.4. The van der Waals surface area contributed by atoms with Crippen molar-refractivity contribution in [1.82, 2.24) is 19.6 Å². The third kappa shape index (κ3) is 6.76. The summed E-state index contributed by atoms with van der Waals surface area (Å²) < 4.78 is 2.30. The molecule has 1 unspecified atom stereocenters. The zero-order valence-electron chi connectivity index (χ0n) is 21.1. The number of imidazole rings is 1. The summed E-state index contributed by atoms with van der Waals surface area (Å²) in [6.07, 6.45) is 13.3. The fourth-order valence-electron chi connectivity index (χ4n) is 4.49. The predicted molar refractivity (Wildman–Crippen MR) is 138 cm³/mol. The van der Waals surface area contributed by atoms with Crippen LogP contribution >= 0.6 is 0 Å². The molecular weight excluding hydrogens is 426 g/mol. The molecule has 2 aromatic heterocycles. The number of rotatable bonds is 15. The molecule has 3 aromatic rings. The van der Waals surface area contributed by atoms with Crippen LogP contribution in [-0.2, 0) is 16.2 Å². The Bertz CT molecular complexity index is 1050. The topological polar surface area (TPSA) is 86.3 Å². The number of carbonyl (C=O) groups excluding carboxylic acids is 1. The van der Waals surface area contributed by atoms with Crippen LogP contribution in [0.15, 0.2) is 30.6 Å². The molecule has 1 aromatic carbocycles. The van der Waals surface area contributed by atoms with Gasteiger partial charge < -0.3 is 10.3 Å². The number of aryl methyl sites for hydroxylation is 1. The maximum absolute atomic E-state index is 11.7. The minimum Gasteiger partial charge on any atom is -0.330 e. The SMILES string of the molecule is CON(C)C(=O)CCCCCCCCCCCn1cnc2c(C(C)CN)nc3ccccc3c21. The van der Waals surface area contributed by atoms with Crippen LogP contribution in [0.4, 0.5) is 0 Å². The van der Waals surface area contributed by atoms with E-state index in [0.717, 1.165) is 42.5 Å². The number of unbranched alkanes of at least 4 members (excludes halogenated alkanes) is 8. The van der Waals surface area contributed by atoms with Crippen LogP contribution in [0.2, 0.25) is 0 Å². The van der Waals surface area contributed by atoms with Crippen molar-refractivity contribution in [3.05, 3.63) is 36.3 Å². The van der Waals surface area contributed by atoms with Crippen LogP contribution in [0, 0.1) is 0 Å². The van der Waals surface area contributed by atoms with Gasteiger partial charge in [-0.15, -0.1) is 0 Å². The summed E-state index contributed by atoms with van der Waals surface area (Å²) >= 11 is 0. The number of benzene rings is 1. The fourth-order valence-corrected chi connectivity index (χ4v) is 4.49. The summed E-state index contributed by atoms with van der Waals surface area (Å²) in [4.78, 5) is 26.2.